The van der Waals surface area contributed by atoms with E-state index in [4.69, 9.17) is 4.74 Å². The van der Waals surface area contributed by atoms with Crippen LogP contribution in [-0.4, -0.2) is 60.8 Å². The van der Waals surface area contributed by atoms with Crippen molar-refractivity contribution in [2.75, 3.05) is 32.1 Å². The number of sulfone groups is 1. The second kappa shape index (κ2) is 10.7. The van der Waals surface area contributed by atoms with Crippen molar-refractivity contribution in [3.8, 4) is 0 Å². The maximum Gasteiger partial charge on any atom is 0.224 e. The first-order chi connectivity index (χ1) is 14.9. The molecule has 7 nitrogen and oxygen atoms in total. The van der Waals surface area contributed by atoms with E-state index in [1.165, 1.54) is 0 Å². The van der Waals surface area contributed by atoms with Crippen molar-refractivity contribution < 1.29 is 17.9 Å². The van der Waals surface area contributed by atoms with Gasteiger partial charge in [-0.05, 0) is 31.9 Å². The molecule has 1 aliphatic heterocycles. The summed E-state index contributed by atoms with van der Waals surface area (Å²) >= 11 is 0. The molecule has 3 rings (SSSR count). The van der Waals surface area contributed by atoms with Gasteiger partial charge in [0.15, 0.2) is 9.84 Å². The van der Waals surface area contributed by atoms with Crippen LogP contribution in [0.15, 0.2) is 54.2 Å². The Labute approximate surface area is 184 Å². The van der Waals surface area contributed by atoms with Gasteiger partial charge in [-0.15, -0.1) is 6.58 Å². The molecular formula is C23H31N3O4S. The number of aromatic nitrogens is 2. The van der Waals surface area contributed by atoms with Crippen LogP contribution >= 0.6 is 0 Å². The number of carbonyl (C=O) groups excluding carboxylic acids is 1. The highest BCUT2D eigenvalue weighted by atomic mass is 32.2. The molecule has 168 valence electrons. The third-order valence-corrected chi connectivity index (χ3v) is 7.35. The van der Waals surface area contributed by atoms with E-state index in [0.29, 0.717) is 44.2 Å². The second-order valence-electron chi connectivity index (χ2n) is 7.88. The average molecular weight is 446 g/mol. The first-order valence-electron chi connectivity index (χ1n) is 10.7. The van der Waals surface area contributed by atoms with Crippen molar-refractivity contribution in [3.63, 3.8) is 0 Å². The third kappa shape index (κ3) is 6.27. The fraction of sp³-hybridized carbons (Fsp3) is 0.478. The van der Waals surface area contributed by atoms with Crippen LogP contribution in [0.1, 0.15) is 36.6 Å². The Morgan fingerprint density at radius 3 is 2.65 bits per heavy atom. The highest BCUT2D eigenvalue weighted by molar-refractivity contribution is 7.91. The van der Waals surface area contributed by atoms with Gasteiger partial charge >= 0.3 is 0 Å². The summed E-state index contributed by atoms with van der Waals surface area (Å²) < 4.78 is 32.6. The lowest BCUT2D eigenvalue weighted by Crippen LogP contribution is -2.38. The molecule has 1 aromatic carbocycles. The number of hydrogen-bond acceptors (Lipinski definition) is 5. The van der Waals surface area contributed by atoms with Crippen LogP contribution in [0.25, 0.3) is 0 Å². The summed E-state index contributed by atoms with van der Waals surface area (Å²) in [7, 11) is -3.35. The number of imidazole rings is 1. The van der Waals surface area contributed by atoms with Gasteiger partial charge in [0.25, 0.3) is 0 Å². The molecule has 1 aliphatic rings. The third-order valence-electron chi connectivity index (χ3n) is 5.64. The van der Waals surface area contributed by atoms with Crippen molar-refractivity contribution in [2.45, 2.75) is 43.5 Å². The summed E-state index contributed by atoms with van der Waals surface area (Å²) in [5.74, 6) is 1.26. The predicted molar refractivity (Wildman–Crippen MR) is 120 cm³/mol. The van der Waals surface area contributed by atoms with E-state index in [2.05, 4.69) is 11.6 Å². The van der Waals surface area contributed by atoms with E-state index in [1.807, 2.05) is 34.7 Å². The van der Waals surface area contributed by atoms with E-state index in [0.717, 1.165) is 24.2 Å². The number of carbonyl (C=O) groups is 1. The standard InChI is InChI=1S/C23H31N3O4S/c1-3-16-30-17-10-22(27)25-12-8-20(9-13-25)23-24-11-14-26(23)15-18-31(28,29)21-6-4-19(2)5-7-21/h3-7,11,14,20H,1,8-10,12-13,15-18H2,2H3. The molecule has 0 atom stereocenters. The van der Waals surface area contributed by atoms with Crippen LogP contribution in [-0.2, 0) is 25.9 Å². The van der Waals surface area contributed by atoms with Crippen LogP contribution < -0.4 is 0 Å². The first-order valence-corrected chi connectivity index (χ1v) is 12.3. The van der Waals surface area contributed by atoms with Crippen molar-refractivity contribution in [1.29, 1.82) is 0 Å². The number of ether oxygens (including phenoxy) is 1. The fourth-order valence-corrected chi connectivity index (χ4v) is 5.05. The molecule has 8 heteroatoms. The Bertz CT molecular complexity index is 975. The minimum absolute atomic E-state index is 0.0292. The number of hydrogen-bond donors (Lipinski definition) is 0. The maximum atomic E-state index is 12.7. The van der Waals surface area contributed by atoms with Gasteiger partial charge in [-0.3, -0.25) is 4.79 Å². The Balaban J connectivity index is 1.53. The summed E-state index contributed by atoms with van der Waals surface area (Å²) in [6.07, 6.45) is 7.26. The van der Waals surface area contributed by atoms with Gasteiger partial charge in [0, 0.05) is 37.9 Å². The predicted octanol–water partition coefficient (Wildman–Crippen LogP) is 2.96. The normalized spacial score (nSPS) is 15.2. The van der Waals surface area contributed by atoms with Crippen LogP contribution in [0.4, 0.5) is 0 Å². The van der Waals surface area contributed by atoms with Crippen LogP contribution in [0, 0.1) is 6.92 Å². The Hall–Kier alpha value is -2.45. The van der Waals surface area contributed by atoms with E-state index in [1.54, 1.807) is 24.4 Å². The van der Waals surface area contributed by atoms with Crippen molar-refractivity contribution in [1.82, 2.24) is 14.5 Å². The number of benzene rings is 1. The maximum absolute atomic E-state index is 12.7. The van der Waals surface area contributed by atoms with Crippen molar-refractivity contribution >= 4 is 15.7 Å². The molecule has 2 aromatic rings. The van der Waals surface area contributed by atoms with Crippen molar-refractivity contribution in [3.05, 3.63) is 60.7 Å². The number of piperidine rings is 1. The Kier molecular flexibility index (Phi) is 8.03. The monoisotopic (exact) mass is 445 g/mol. The van der Waals surface area contributed by atoms with Crippen LogP contribution in [0.3, 0.4) is 0 Å². The summed E-state index contributed by atoms with van der Waals surface area (Å²) in [5.41, 5.74) is 1.03. The molecule has 1 aromatic heterocycles. The number of nitrogens with zero attached hydrogens (tertiary/aromatic N) is 3. The quantitative estimate of drug-likeness (QED) is 0.415. The van der Waals surface area contributed by atoms with E-state index in [-0.39, 0.29) is 17.6 Å². The number of rotatable bonds is 10. The lowest BCUT2D eigenvalue weighted by molar-refractivity contribution is -0.133. The van der Waals surface area contributed by atoms with Gasteiger partial charge in [-0.2, -0.15) is 0 Å². The van der Waals surface area contributed by atoms with E-state index in [9.17, 15) is 13.2 Å². The Morgan fingerprint density at radius 2 is 1.97 bits per heavy atom. The average Bonchev–Trinajstić information content (AvgIpc) is 3.24. The second-order valence-corrected chi connectivity index (χ2v) is 9.99. The molecule has 1 saturated heterocycles. The van der Waals surface area contributed by atoms with Crippen LogP contribution in [0.2, 0.25) is 0 Å². The molecule has 0 aliphatic carbocycles. The summed E-state index contributed by atoms with van der Waals surface area (Å²) in [6.45, 7) is 8.11. The number of amides is 1. The highest BCUT2D eigenvalue weighted by Crippen LogP contribution is 2.27. The minimum atomic E-state index is -3.35. The topological polar surface area (TPSA) is 81.5 Å². The first kappa shape index (κ1) is 23.2. The number of likely N-dealkylation sites (tertiary alicyclic amines) is 1. The zero-order valence-corrected chi connectivity index (χ0v) is 18.9. The van der Waals surface area contributed by atoms with Gasteiger partial charge in [0.05, 0.1) is 30.3 Å². The van der Waals surface area contributed by atoms with E-state index >= 15 is 0 Å². The van der Waals surface area contributed by atoms with Gasteiger partial charge in [-0.1, -0.05) is 23.8 Å². The summed E-state index contributed by atoms with van der Waals surface area (Å²) in [4.78, 5) is 19.1. The lowest BCUT2D eigenvalue weighted by Gasteiger charge is -2.32. The molecule has 1 amide bonds. The minimum Gasteiger partial charge on any atom is -0.377 e. The molecular weight excluding hydrogens is 414 g/mol. The van der Waals surface area contributed by atoms with Gasteiger partial charge in [0.1, 0.15) is 5.82 Å². The molecule has 2 heterocycles. The SMILES string of the molecule is C=CCOCCC(=O)N1CCC(c2nccn2CCS(=O)(=O)c2ccc(C)cc2)CC1. The fourth-order valence-electron chi connectivity index (χ4n) is 3.82. The molecule has 0 spiro atoms. The lowest BCUT2D eigenvalue weighted by atomic mass is 9.95. The summed E-state index contributed by atoms with van der Waals surface area (Å²) in [6, 6.07) is 6.95. The smallest absolute Gasteiger partial charge is 0.224 e. The van der Waals surface area contributed by atoms with Gasteiger partial charge < -0.3 is 14.2 Å². The molecule has 0 N–H and O–H groups in total. The zero-order chi connectivity index (χ0) is 22.3. The molecule has 0 unspecified atom stereocenters. The molecule has 0 bridgehead atoms. The molecule has 31 heavy (non-hydrogen) atoms. The van der Waals surface area contributed by atoms with Gasteiger partial charge in [-0.25, -0.2) is 13.4 Å². The van der Waals surface area contributed by atoms with E-state index < -0.39 is 9.84 Å². The highest BCUT2D eigenvalue weighted by Gasteiger charge is 2.26. The zero-order valence-electron chi connectivity index (χ0n) is 18.1. The van der Waals surface area contributed by atoms with Crippen LogP contribution in [0.5, 0.6) is 0 Å². The van der Waals surface area contributed by atoms with Gasteiger partial charge in [0.2, 0.25) is 5.91 Å². The largest absolute Gasteiger partial charge is 0.377 e. The Morgan fingerprint density at radius 1 is 1.26 bits per heavy atom. The number of aryl methyl sites for hydroxylation is 2. The molecule has 0 radical (unpaired) electrons. The molecule has 0 saturated carbocycles. The molecule has 1 fully saturated rings. The van der Waals surface area contributed by atoms with Crippen molar-refractivity contribution in [2.24, 2.45) is 0 Å². The summed E-state index contributed by atoms with van der Waals surface area (Å²) in [5, 5.41) is 0.